The van der Waals surface area contributed by atoms with Crippen molar-refractivity contribution < 1.29 is 14.5 Å². The Bertz CT molecular complexity index is 594. The van der Waals surface area contributed by atoms with E-state index in [1.54, 1.807) is 30.8 Å². The van der Waals surface area contributed by atoms with Gasteiger partial charge in [-0.15, -0.1) is 0 Å². The van der Waals surface area contributed by atoms with E-state index in [0.29, 0.717) is 29.5 Å². The van der Waals surface area contributed by atoms with Gasteiger partial charge in [-0.25, -0.2) is 4.79 Å². The third-order valence-corrected chi connectivity index (χ3v) is 4.74. The fourth-order valence-electron chi connectivity index (χ4n) is 2.20. The second kappa shape index (κ2) is 7.55. The molecule has 0 amide bonds. The lowest BCUT2D eigenvalue weighted by Gasteiger charge is -2.35. The lowest BCUT2D eigenvalue weighted by molar-refractivity contribution is -0.384. The van der Waals surface area contributed by atoms with Gasteiger partial charge in [-0.2, -0.15) is 11.8 Å². The SMILES string of the molecule is CCOC(=O)C1CSCCN1C(=S)c1cccc([N+](=O)[O-])c1. The molecule has 1 saturated heterocycles. The van der Waals surface area contributed by atoms with Crippen LogP contribution in [0.5, 0.6) is 0 Å². The van der Waals surface area contributed by atoms with Gasteiger partial charge in [0.1, 0.15) is 11.0 Å². The first-order chi connectivity index (χ1) is 10.5. The summed E-state index contributed by atoms with van der Waals surface area (Å²) in [6, 6.07) is 5.73. The molecule has 1 unspecified atom stereocenters. The number of carbonyl (C=O) groups excluding carboxylic acids is 1. The zero-order valence-electron chi connectivity index (χ0n) is 12.1. The van der Waals surface area contributed by atoms with Crippen molar-refractivity contribution in [2.24, 2.45) is 0 Å². The van der Waals surface area contributed by atoms with Gasteiger partial charge < -0.3 is 9.64 Å². The summed E-state index contributed by atoms with van der Waals surface area (Å²) in [4.78, 5) is 24.8. The van der Waals surface area contributed by atoms with Gasteiger partial charge in [0, 0.05) is 35.7 Å². The number of hydrogen-bond acceptors (Lipinski definition) is 6. The Balaban J connectivity index is 2.23. The van der Waals surface area contributed by atoms with Gasteiger partial charge in [-0.05, 0) is 6.92 Å². The summed E-state index contributed by atoms with van der Waals surface area (Å²) >= 11 is 7.12. The van der Waals surface area contributed by atoms with E-state index in [4.69, 9.17) is 17.0 Å². The van der Waals surface area contributed by atoms with Gasteiger partial charge in [0.25, 0.3) is 5.69 Å². The summed E-state index contributed by atoms with van der Waals surface area (Å²) in [5, 5.41) is 10.9. The second-order valence-corrected chi connectivity index (χ2v) is 6.19. The topological polar surface area (TPSA) is 72.7 Å². The third kappa shape index (κ3) is 3.75. The molecule has 0 spiro atoms. The maximum atomic E-state index is 12.1. The van der Waals surface area contributed by atoms with Gasteiger partial charge in [-0.1, -0.05) is 24.4 Å². The zero-order valence-corrected chi connectivity index (χ0v) is 13.7. The molecule has 1 fully saturated rings. The average molecular weight is 340 g/mol. The Morgan fingerprint density at radius 3 is 3.05 bits per heavy atom. The van der Waals surface area contributed by atoms with Gasteiger partial charge in [0.2, 0.25) is 0 Å². The number of nitrogens with zero attached hydrogens (tertiary/aromatic N) is 2. The molecule has 0 saturated carbocycles. The number of nitro groups is 1. The maximum Gasteiger partial charge on any atom is 0.329 e. The first-order valence-electron chi connectivity index (χ1n) is 6.84. The predicted molar refractivity (Wildman–Crippen MR) is 89.2 cm³/mol. The van der Waals surface area contributed by atoms with Crippen LogP contribution in [0.25, 0.3) is 0 Å². The summed E-state index contributed by atoms with van der Waals surface area (Å²) in [5.41, 5.74) is 0.560. The summed E-state index contributed by atoms with van der Waals surface area (Å²) < 4.78 is 5.10. The van der Waals surface area contributed by atoms with Crippen molar-refractivity contribution in [1.29, 1.82) is 0 Å². The summed E-state index contributed by atoms with van der Waals surface area (Å²) in [6.07, 6.45) is 0. The van der Waals surface area contributed by atoms with Crippen LogP contribution in [0.15, 0.2) is 24.3 Å². The minimum atomic E-state index is -0.457. The smallest absolute Gasteiger partial charge is 0.329 e. The number of non-ortho nitro benzene ring substituents is 1. The first kappa shape index (κ1) is 16.7. The number of hydrogen-bond donors (Lipinski definition) is 0. The van der Waals surface area contributed by atoms with Crippen LogP contribution in [-0.4, -0.2) is 51.5 Å². The van der Waals surface area contributed by atoms with E-state index in [1.165, 1.54) is 12.1 Å². The molecule has 1 heterocycles. The molecule has 8 heteroatoms. The molecule has 1 aromatic carbocycles. The predicted octanol–water partition coefficient (Wildman–Crippen LogP) is 2.25. The zero-order chi connectivity index (χ0) is 16.1. The number of carbonyl (C=O) groups is 1. The number of thiocarbonyl (C=S) groups is 1. The van der Waals surface area contributed by atoms with E-state index >= 15 is 0 Å². The lowest BCUT2D eigenvalue weighted by Crippen LogP contribution is -2.50. The number of rotatable bonds is 4. The Morgan fingerprint density at radius 1 is 1.59 bits per heavy atom. The van der Waals surface area contributed by atoms with E-state index in [0.717, 1.165) is 5.75 Å². The van der Waals surface area contributed by atoms with Crippen molar-refractivity contribution in [3.05, 3.63) is 39.9 Å². The molecule has 6 nitrogen and oxygen atoms in total. The van der Waals surface area contributed by atoms with Crippen LogP contribution in [-0.2, 0) is 9.53 Å². The second-order valence-electron chi connectivity index (χ2n) is 4.65. The van der Waals surface area contributed by atoms with Crippen molar-refractivity contribution in [2.75, 3.05) is 24.7 Å². The van der Waals surface area contributed by atoms with Crippen LogP contribution in [0.1, 0.15) is 12.5 Å². The molecule has 0 aliphatic carbocycles. The Labute approximate surface area is 138 Å². The molecule has 1 atom stereocenters. The number of nitro benzene ring substituents is 1. The van der Waals surface area contributed by atoms with Crippen molar-refractivity contribution in [2.45, 2.75) is 13.0 Å². The highest BCUT2D eigenvalue weighted by molar-refractivity contribution is 7.99. The van der Waals surface area contributed by atoms with Gasteiger partial charge in [-0.3, -0.25) is 10.1 Å². The Kier molecular flexibility index (Phi) is 5.73. The molecule has 118 valence electrons. The third-order valence-electron chi connectivity index (χ3n) is 3.25. The van der Waals surface area contributed by atoms with Crippen molar-refractivity contribution in [3.63, 3.8) is 0 Å². The molecule has 0 bridgehead atoms. The molecule has 1 aliphatic heterocycles. The minimum absolute atomic E-state index is 0.0149. The van der Waals surface area contributed by atoms with Crippen LogP contribution in [0.4, 0.5) is 5.69 Å². The van der Waals surface area contributed by atoms with Gasteiger partial charge >= 0.3 is 5.97 Å². The number of ether oxygens (including phenoxy) is 1. The molecule has 0 aromatic heterocycles. The van der Waals surface area contributed by atoms with E-state index in [9.17, 15) is 14.9 Å². The van der Waals surface area contributed by atoms with Crippen LogP contribution < -0.4 is 0 Å². The van der Waals surface area contributed by atoms with Crippen LogP contribution in [0.3, 0.4) is 0 Å². The Morgan fingerprint density at radius 2 is 2.36 bits per heavy atom. The van der Waals surface area contributed by atoms with E-state index < -0.39 is 11.0 Å². The highest BCUT2D eigenvalue weighted by Crippen LogP contribution is 2.22. The summed E-state index contributed by atoms with van der Waals surface area (Å²) in [7, 11) is 0. The molecule has 1 aliphatic rings. The van der Waals surface area contributed by atoms with Crippen molar-refractivity contribution in [3.8, 4) is 0 Å². The van der Waals surface area contributed by atoms with Crippen LogP contribution in [0, 0.1) is 10.1 Å². The normalized spacial score (nSPS) is 17.9. The van der Waals surface area contributed by atoms with E-state index in [-0.39, 0.29) is 11.7 Å². The number of esters is 1. The highest BCUT2D eigenvalue weighted by Gasteiger charge is 2.32. The maximum absolute atomic E-state index is 12.1. The molecule has 1 aromatic rings. The monoisotopic (exact) mass is 340 g/mol. The summed E-state index contributed by atoms with van der Waals surface area (Å²) in [6.45, 7) is 2.70. The van der Waals surface area contributed by atoms with Gasteiger partial charge in [0.15, 0.2) is 0 Å². The van der Waals surface area contributed by atoms with Crippen LogP contribution >= 0.6 is 24.0 Å². The molecule has 0 N–H and O–H groups in total. The number of benzene rings is 1. The summed E-state index contributed by atoms with van der Waals surface area (Å²) in [5.74, 6) is 1.15. The lowest BCUT2D eigenvalue weighted by atomic mass is 10.1. The molecule has 22 heavy (non-hydrogen) atoms. The molecular weight excluding hydrogens is 324 g/mol. The first-order valence-corrected chi connectivity index (χ1v) is 8.40. The van der Waals surface area contributed by atoms with Crippen molar-refractivity contribution >= 4 is 40.6 Å². The van der Waals surface area contributed by atoms with E-state index in [1.807, 2.05) is 4.90 Å². The fourth-order valence-corrected chi connectivity index (χ4v) is 3.58. The van der Waals surface area contributed by atoms with Crippen LogP contribution in [0.2, 0.25) is 0 Å². The average Bonchev–Trinajstić information content (AvgIpc) is 2.54. The fraction of sp³-hybridized carbons (Fsp3) is 0.429. The van der Waals surface area contributed by atoms with Crippen molar-refractivity contribution in [1.82, 2.24) is 4.90 Å². The van der Waals surface area contributed by atoms with E-state index in [2.05, 4.69) is 0 Å². The molecular formula is C14H16N2O4S2. The largest absolute Gasteiger partial charge is 0.464 e. The quantitative estimate of drug-likeness (QED) is 0.360. The molecule has 0 radical (unpaired) electrons. The standard InChI is InChI=1S/C14H16N2O4S2/c1-2-20-14(17)12-9-22-7-6-15(12)13(21)10-4-3-5-11(8-10)16(18)19/h3-5,8,12H,2,6-7,9H2,1H3. The van der Waals surface area contributed by atoms with Gasteiger partial charge in [0.05, 0.1) is 11.5 Å². The molecule has 2 rings (SSSR count). The minimum Gasteiger partial charge on any atom is -0.464 e. The highest BCUT2D eigenvalue weighted by atomic mass is 32.2. The Hall–Kier alpha value is -1.67. The number of thioether (sulfide) groups is 1.